The van der Waals surface area contributed by atoms with Gasteiger partial charge in [0.2, 0.25) is 0 Å². The Morgan fingerprint density at radius 1 is 1.20 bits per heavy atom. The molecule has 2 rings (SSSR count). The van der Waals surface area contributed by atoms with Crippen LogP contribution in [0.15, 0.2) is 54.6 Å². The number of rotatable bonds is 5. The van der Waals surface area contributed by atoms with Crippen LogP contribution in [0.5, 0.6) is 5.75 Å². The van der Waals surface area contributed by atoms with E-state index in [0.29, 0.717) is 11.3 Å². The highest BCUT2D eigenvalue weighted by Gasteiger charge is 2.13. The molecule has 3 nitrogen and oxygen atoms in total. The summed E-state index contributed by atoms with van der Waals surface area (Å²) in [4.78, 5) is 11.9. The Labute approximate surface area is 117 Å². The fraction of sp³-hybridized carbons (Fsp3) is 0.188. The Morgan fingerprint density at radius 3 is 2.65 bits per heavy atom. The lowest BCUT2D eigenvalue weighted by Crippen LogP contribution is -2.35. The van der Waals surface area contributed by atoms with E-state index in [1.54, 1.807) is 31.2 Å². The van der Waals surface area contributed by atoms with Crippen molar-refractivity contribution in [1.82, 2.24) is 5.32 Å². The standard InChI is InChI=1S/C16H16FNO2/c1-12(20-15-8-3-2-4-9-15)16(19)18-11-13-6-5-7-14(17)10-13/h2-10,12H,11H2,1H3,(H,18,19)/t12-/m1/s1. The van der Waals surface area contributed by atoms with Gasteiger partial charge in [0.15, 0.2) is 6.10 Å². The second-order valence-electron chi connectivity index (χ2n) is 4.42. The Hall–Kier alpha value is -2.36. The molecule has 0 aliphatic heterocycles. The summed E-state index contributed by atoms with van der Waals surface area (Å²) in [5.74, 6) is 0.0874. The van der Waals surface area contributed by atoms with E-state index in [1.165, 1.54) is 12.1 Å². The van der Waals surface area contributed by atoms with Crippen LogP contribution in [0, 0.1) is 5.82 Å². The van der Waals surface area contributed by atoms with E-state index in [-0.39, 0.29) is 18.3 Å². The fourth-order valence-corrected chi connectivity index (χ4v) is 1.74. The van der Waals surface area contributed by atoms with E-state index in [0.717, 1.165) is 0 Å². The zero-order chi connectivity index (χ0) is 14.4. The Morgan fingerprint density at radius 2 is 1.95 bits per heavy atom. The topological polar surface area (TPSA) is 38.3 Å². The van der Waals surface area contributed by atoms with Crippen molar-refractivity contribution in [3.63, 3.8) is 0 Å². The van der Waals surface area contributed by atoms with E-state index < -0.39 is 6.10 Å². The summed E-state index contributed by atoms with van der Waals surface area (Å²) in [6.45, 7) is 1.95. The van der Waals surface area contributed by atoms with Crippen molar-refractivity contribution in [2.75, 3.05) is 0 Å². The van der Waals surface area contributed by atoms with Crippen LogP contribution in [0.4, 0.5) is 4.39 Å². The molecule has 0 aliphatic carbocycles. The van der Waals surface area contributed by atoms with Gasteiger partial charge in [-0.15, -0.1) is 0 Å². The number of amides is 1. The molecule has 104 valence electrons. The zero-order valence-corrected chi connectivity index (χ0v) is 11.2. The van der Waals surface area contributed by atoms with E-state index in [4.69, 9.17) is 4.74 Å². The fourth-order valence-electron chi connectivity index (χ4n) is 1.74. The Bertz CT molecular complexity index is 572. The monoisotopic (exact) mass is 273 g/mol. The molecule has 0 bridgehead atoms. The second-order valence-corrected chi connectivity index (χ2v) is 4.42. The van der Waals surface area contributed by atoms with E-state index in [9.17, 15) is 9.18 Å². The van der Waals surface area contributed by atoms with Gasteiger partial charge in [0.1, 0.15) is 11.6 Å². The predicted octanol–water partition coefficient (Wildman–Crippen LogP) is 2.91. The van der Waals surface area contributed by atoms with Gasteiger partial charge in [-0.05, 0) is 36.8 Å². The maximum absolute atomic E-state index is 13.0. The van der Waals surface area contributed by atoms with Crippen molar-refractivity contribution in [3.8, 4) is 5.75 Å². The highest BCUT2D eigenvalue weighted by Crippen LogP contribution is 2.11. The van der Waals surface area contributed by atoms with Crippen LogP contribution >= 0.6 is 0 Å². The zero-order valence-electron chi connectivity index (χ0n) is 11.2. The molecular formula is C16H16FNO2. The summed E-state index contributed by atoms with van der Waals surface area (Å²) in [6.07, 6.45) is -0.606. The summed E-state index contributed by atoms with van der Waals surface area (Å²) in [7, 11) is 0. The number of carbonyl (C=O) groups excluding carboxylic acids is 1. The third-order valence-electron chi connectivity index (χ3n) is 2.78. The van der Waals surface area contributed by atoms with Crippen LogP contribution < -0.4 is 10.1 Å². The van der Waals surface area contributed by atoms with Crippen molar-refractivity contribution < 1.29 is 13.9 Å². The smallest absolute Gasteiger partial charge is 0.261 e. The van der Waals surface area contributed by atoms with Crippen LogP contribution in [0.3, 0.4) is 0 Å². The molecule has 2 aromatic rings. The molecule has 1 N–H and O–H groups in total. The van der Waals surface area contributed by atoms with Gasteiger partial charge in [0.25, 0.3) is 5.91 Å². The van der Waals surface area contributed by atoms with E-state index in [1.807, 2.05) is 18.2 Å². The average Bonchev–Trinajstić information content (AvgIpc) is 2.46. The third-order valence-corrected chi connectivity index (χ3v) is 2.78. The van der Waals surface area contributed by atoms with Gasteiger partial charge < -0.3 is 10.1 Å². The van der Waals surface area contributed by atoms with Crippen molar-refractivity contribution in [2.45, 2.75) is 19.6 Å². The maximum atomic E-state index is 13.0. The van der Waals surface area contributed by atoms with Crippen LogP contribution in [-0.4, -0.2) is 12.0 Å². The quantitative estimate of drug-likeness (QED) is 0.909. The first-order valence-corrected chi connectivity index (χ1v) is 6.39. The average molecular weight is 273 g/mol. The summed E-state index contributed by atoms with van der Waals surface area (Å²) in [5, 5.41) is 2.72. The van der Waals surface area contributed by atoms with Crippen LogP contribution in [0.2, 0.25) is 0 Å². The minimum Gasteiger partial charge on any atom is -0.481 e. The molecule has 0 aromatic heterocycles. The minimum absolute atomic E-state index is 0.238. The number of hydrogen-bond acceptors (Lipinski definition) is 2. The number of para-hydroxylation sites is 1. The van der Waals surface area contributed by atoms with E-state index >= 15 is 0 Å². The summed E-state index contributed by atoms with van der Waals surface area (Å²) >= 11 is 0. The first kappa shape index (κ1) is 14.1. The Balaban J connectivity index is 1.85. The van der Waals surface area contributed by atoms with Crippen molar-refractivity contribution in [3.05, 3.63) is 66.0 Å². The Kier molecular flexibility index (Phi) is 4.71. The molecule has 2 aromatic carbocycles. The van der Waals surface area contributed by atoms with Gasteiger partial charge in [-0.3, -0.25) is 4.79 Å². The lowest BCUT2D eigenvalue weighted by Gasteiger charge is -2.14. The van der Waals surface area contributed by atoms with Gasteiger partial charge in [-0.1, -0.05) is 30.3 Å². The molecule has 0 spiro atoms. The van der Waals surface area contributed by atoms with Crippen molar-refractivity contribution in [2.24, 2.45) is 0 Å². The summed E-state index contributed by atoms with van der Waals surface area (Å²) < 4.78 is 18.5. The lowest BCUT2D eigenvalue weighted by molar-refractivity contribution is -0.127. The molecule has 0 aliphatic rings. The van der Waals surface area contributed by atoms with E-state index in [2.05, 4.69) is 5.32 Å². The molecule has 0 radical (unpaired) electrons. The van der Waals surface area contributed by atoms with Crippen LogP contribution in [0.1, 0.15) is 12.5 Å². The first-order valence-electron chi connectivity index (χ1n) is 6.39. The van der Waals surface area contributed by atoms with Gasteiger partial charge in [-0.2, -0.15) is 0 Å². The molecule has 1 atom stereocenters. The third kappa shape index (κ3) is 4.09. The number of nitrogens with one attached hydrogen (secondary N) is 1. The van der Waals surface area contributed by atoms with Crippen LogP contribution in [-0.2, 0) is 11.3 Å². The minimum atomic E-state index is -0.606. The van der Waals surface area contributed by atoms with Crippen molar-refractivity contribution in [1.29, 1.82) is 0 Å². The first-order chi connectivity index (χ1) is 9.65. The highest BCUT2D eigenvalue weighted by atomic mass is 19.1. The molecule has 0 saturated heterocycles. The van der Waals surface area contributed by atoms with Crippen LogP contribution in [0.25, 0.3) is 0 Å². The lowest BCUT2D eigenvalue weighted by atomic mass is 10.2. The summed E-state index contributed by atoms with van der Waals surface area (Å²) in [5.41, 5.74) is 0.713. The number of benzene rings is 2. The number of halogens is 1. The number of carbonyl (C=O) groups is 1. The molecule has 0 saturated carbocycles. The molecular weight excluding hydrogens is 257 g/mol. The molecule has 0 unspecified atom stereocenters. The summed E-state index contributed by atoms with van der Waals surface area (Å²) in [6, 6.07) is 15.3. The molecule has 20 heavy (non-hydrogen) atoms. The van der Waals surface area contributed by atoms with Gasteiger partial charge in [0, 0.05) is 6.54 Å². The molecule has 4 heteroatoms. The SMILES string of the molecule is C[C@@H](Oc1ccccc1)C(=O)NCc1cccc(F)c1. The predicted molar refractivity (Wildman–Crippen MR) is 74.8 cm³/mol. The van der Waals surface area contributed by atoms with Crippen molar-refractivity contribution >= 4 is 5.91 Å². The van der Waals surface area contributed by atoms with Gasteiger partial charge in [-0.25, -0.2) is 4.39 Å². The largest absolute Gasteiger partial charge is 0.481 e. The normalized spacial score (nSPS) is 11.7. The molecule has 1 amide bonds. The maximum Gasteiger partial charge on any atom is 0.261 e. The van der Waals surface area contributed by atoms with Gasteiger partial charge >= 0.3 is 0 Å². The van der Waals surface area contributed by atoms with Gasteiger partial charge in [0.05, 0.1) is 0 Å². The number of ether oxygens (including phenoxy) is 1. The molecule has 0 heterocycles. The highest BCUT2D eigenvalue weighted by molar-refractivity contribution is 5.80. The number of hydrogen-bond donors (Lipinski definition) is 1. The second kappa shape index (κ2) is 6.70. The molecule has 0 fully saturated rings.